The van der Waals surface area contributed by atoms with Gasteiger partial charge in [0.05, 0.1) is 31.5 Å². The fourth-order valence-corrected chi connectivity index (χ4v) is 4.55. The zero-order chi connectivity index (χ0) is 22.0. The number of fused-ring (bicyclic) bond motifs is 1. The highest BCUT2D eigenvalue weighted by molar-refractivity contribution is 8.17. The molecule has 0 bridgehead atoms. The Labute approximate surface area is 180 Å². The van der Waals surface area contributed by atoms with Crippen molar-refractivity contribution in [2.24, 2.45) is 10.7 Å². The van der Waals surface area contributed by atoms with Crippen LogP contribution in [0.4, 0.5) is 0 Å². The van der Waals surface area contributed by atoms with Gasteiger partial charge in [-0.15, -0.1) is 0 Å². The highest BCUT2D eigenvalue weighted by atomic mass is 32.2. The fraction of sp³-hybridized carbons (Fsp3) is 0.381. The van der Waals surface area contributed by atoms with Crippen molar-refractivity contribution in [3.63, 3.8) is 0 Å². The molecule has 0 unspecified atom stereocenters. The Kier molecular flexibility index (Phi) is 6.27. The lowest BCUT2D eigenvalue weighted by atomic mass is 9.92. The van der Waals surface area contributed by atoms with Crippen LogP contribution < -0.4 is 15.2 Å². The minimum absolute atomic E-state index is 0.119. The first-order valence-electron chi connectivity index (χ1n) is 9.59. The van der Waals surface area contributed by atoms with E-state index in [4.69, 9.17) is 15.2 Å². The Balaban J connectivity index is 2.26. The summed E-state index contributed by atoms with van der Waals surface area (Å²) in [4.78, 5) is 22.0. The molecule has 0 spiro atoms. The Morgan fingerprint density at radius 2 is 2.03 bits per heavy atom. The van der Waals surface area contributed by atoms with Gasteiger partial charge in [0, 0.05) is 24.7 Å². The maximum atomic E-state index is 13.5. The van der Waals surface area contributed by atoms with Gasteiger partial charge in [0.25, 0.3) is 5.91 Å². The van der Waals surface area contributed by atoms with E-state index in [-0.39, 0.29) is 11.7 Å². The van der Waals surface area contributed by atoms with Gasteiger partial charge < -0.3 is 20.1 Å². The number of carbonyl (C=O) groups is 1. The van der Waals surface area contributed by atoms with Crippen LogP contribution in [0.15, 0.2) is 45.2 Å². The summed E-state index contributed by atoms with van der Waals surface area (Å²) in [7, 11) is 3.15. The molecule has 158 valence electrons. The molecule has 3 rings (SSSR count). The minimum atomic E-state index is -0.579. The SMILES string of the molecule is CCN(CC)C(=O)C1=C(C)N=C2SC(C#N)=C(N)N2[C@H]1c1ccc(OC)cc1OC. The van der Waals surface area contributed by atoms with Crippen molar-refractivity contribution in [2.45, 2.75) is 26.8 Å². The number of hydrogen-bond donors (Lipinski definition) is 1. The Morgan fingerprint density at radius 3 is 2.60 bits per heavy atom. The Morgan fingerprint density at radius 1 is 1.33 bits per heavy atom. The van der Waals surface area contributed by atoms with Crippen molar-refractivity contribution < 1.29 is 14.3 Å². The maximum absolute atomic E-state index is 13.5. The van der Waals surface area contributed by atoms with Gasteiger partial charge >= 0.3 is 0 Å². The first-order valence-corrected chi connectivity index (χ1v) is 10.4. The number of nitriles is 1. The number of ether oxygens (including phenoxy) is 2. The monoisotopic (exact) mass is 427 g/mol. The lowest BCUT2D eigenvalue weighted by Gasteiger charge is -2.37. The summed E-state index contributed by atoms with van der Waals surface area (Å²) in [6.07, 6.45) is 0. The summed E-state index contributed by atoms with van der Waals surface area (Å²) in [6.45, 7) is 6.82. The van der Waals surface area contributed by atoms with Gasteiger partial charge in [-0.3, -0.25) is 9.69 Å². The van der Waals surface area contributed by atoms with E-state index in [1.165, 1.54) is 11.8 Å². The summed E-state index contributed by atoms with van der Waals surface area (Å²) < 4.78 is 11.0. The third-order valence-electron chi connectivity index (χ3n) is 5.19. The molecule has 2 N–H and O–H groups in total. The van der Waals surface area contributed by atoms with Gasteiger partial charge in [-0.2, -0.15) is 5.26 Å². The summed E-state index contributed by atoms with van der Waals surface area (Å²) in [6, 6.07) is 6.98. The zero-order valence-electron chi connectivity index (χ0n) is 17.7. The van der Waals surface area contributed by atoms with Crippen molar-refractivity contribution in [3.05, 3.63) is 45.8 Å². The van der Waals surface area contributed by atoms with Gasteiger partial charge in [-0.05, 0) is 44.7 Å². The largest absolute Gasteiger partial charge is 0.497 e. The molecule has 9 heteroatoms. The number of allylic oxidation sites excluding steroid dienone is 2. The van der Waals surface area contributed by atoms with E-state index < -0.39 is 6.04 Å². The number of rotatable bonds is 6. The molecule has 2 heterocycles. The summed E-state index contributed by atoms with van der Waals surface area (Å²) in [5, 5.41) is 10.1. The molecule has 1 amide bonds. The molecule has 0 saturated carbocycles. The van der Waals surface area contributed by atoms with E-state index in [1.807, 2.05) is 32.9 Å². The molecule has 2 aliphatic heterocycles. The lowest BCUT2D eigenvalue weighted by Crippen LogP contribution is -2.42. The Hall–Kier alpha value is -3.12. The maximum Gasteiger partial charge on any atom is 0.254 e. The number of hydrogen-bond acceptors (Lipinski definition) is 8. The number of amidine groups is 1. The predicted molar refractivity (Wildman–Crippen MR) is 117 cm³/mol. The van der Waals surface area contributed by atoms with Crippen LogP contribution in [0.1, 0.15) is 32.4 Å². The molecule has 0 radical (unpaired) electrons. The third-order valence-corrected chi connectivity index (χ3v) is 6.17. The van der Waals surface area contributed by atoms with Gasteiger partial charge in [0.15, 0.2) is 5.17 Å². The normalized spacial score (nSPS) is 18.1. The van der Waals surface area contributed by atoms with E-state index in [0.717, 1.165) is 5.56 Å². The van der Waals surface area contributed by atoms with Crippen LogP contribution in [0, 0.1) is 11.3 Å². The minimum Gasteiger partial charge on any atom is -0.497 e. The highest BCUT2D eigenvalue weighted by Gasteiger charge is 2.43. The number of nitrogens with two attached hydrogens (primary N) is 1. The first-order chi connectivity index (χ1) is 14.4. The Bertz CT molecular complexity index is 1000. The second-order valence-electron chi connectivity index (χ2n) is 6.68. The fourth-order valence-electron chi connectivity index (χ4n) is 3.63. The number of methoxy groups -OCH3 is 2. The van der Waals surface area contributed by atoms with Crippen molar-refractivity contribution >= 4 is 22.8 Å². The molecular formula is C21H25N5O3S. The van der Waals surface area contributed by atoms with Crippen molar-refractivity contribution in [2.75, 3.05) is 27.3 Å². The van der Waals surface area contributed by atoms with Crippen molar-refractivity contribution in [1.29, 1.82) is 5.26 Å². The number of carbonyl (C=O) groups excluding carboxylic acids is 1. The quantitative estimate of drug-likeness (QED) is 0.744. The molecule has 2 aliphatic rings. The third kappa shape index (κ3) is 3.48. The highest BCUT2D eigenvalue weighted by Crippen LogP contribution is 2.47. The summed E-state index contributed by atoms with van der Waals surface area (Å²) >= 11 is 1.20. The van der Waals surface area contributed by atoms with Crippen LogP contribution in [-0.4, -0.2) is 48.2 Å². The van der Waals surface area contributed by atoms with Gasteiger partial charge in [-0.25, -0.2) is 4.99 Å². The van der Waals surface area contributed by atoms with Gasteiger partial charge in [0.2, 0.25) is 0 Å². The zero-order valence-corrected chi connectivity index (χ0v) is 18.5. The van der Waals surface area contributed by atoms with Crippen LogP contribution in [0.5, 0.6) is 11.5 Å². The van der Waals surface area contributed by atoms with E-state index in [1.54, 1.807) is 30.1 Å². The molecule has 0 aliphatic carbocycles. The number of benzene rings is 1. The second kappa shape index (κ2) is 8.71. The average Bonchev–Trinajstić information content (AvgIpc) is 3.08. The van der Waals surface area contributed by atoms with E-state index in [0.29, 0.717) is 45.9 Å². The van der Waals surface area contributed by atoms with Gasteiger partial charge in [0.1, 0.15) is 28.3 Å². The first kappa shape index (κ1) is 21.6. The molecule has 30 heavy (non-hydrogen) atoms. The average molecular weight is 428 g/mol. The molecule has 0 saturated heterocycles. The van der Waals surface area contributed by atoms with Crippen molar-refractivity contribution in [1.82, 2.24) is 9.80 Å². The van der Waals surface area contributed by atoms with Crippen LogP contribution in [-0.2, 0) is 4.79 Å². The van der Waals surface area contributed by atoms with Crippen LogP contribution in [0.25, 0.3) is 0 Å². The molecule has 8 nitrogen and oxygen atoms in total. The smallest absolute Gasteiger partial charge is 0.254 e. The van der Waals surface area contributed by atoms with E-state index in [2.05, 4.69) is 11.1 Å². The molecule has 0 aromatic heterocycles. The molecule has 1 aromatic carbocycles. The van der Waals surface area contributed by atoms with Crippen LogP contribution in [0.3, 0.4) is 0 Å². The van der Waals surface area contributed by atoms with Crippen LogP contribution >= 0.6 is 11.8 Å². The molecule has 1 atom stereocenters. The number of aliphatic imine (C=N–C) groups is 1. The van der Waals surface area contributed by atoms with E-state index >= 15 is 0 Å². The predicted octanol–water partition coefficient (Wildman–Crippen LogP) is 2.96. The number of thioether (sulfide) groups is 1. The van der Waals surface area contributed by atoms with Crippen molar-refractivity contribution in [3.8, 4) is 17.6 Å². The molecule has 1 aromatic rings. The van der Waals surface area contributed by atoms with Crippen LogP contribution in [0.2, 0.25) is 0 Å². The second-order valence-corrected chi connectivity index (χ2v) is 7.66. The molecule has 0 fully saturated rings. The number of nitrogens with zero attached hydrogens (tertiary/aromatic N) is 4. The van der Waals surface area contributed by atoms with E-state index in [9.17, 15) is 10.1 Å². The van der Waals surface area contributed by atoms with Gasteiger partial charge in [-0.1, -0.05) is 0 Å². The summed E-state index contributed by atoms with van der Waals surface area (Å²) in [5.74, 6) is 1.35. The lowest BCUT2D eigenvalue weighted by molar-refractivity contribution is -0.127. The standard InChI is InChI=1S/C21H25N5O3S/c1-6-25(7-2)20(27)17-12(3)24-21-26(19(23)16(11-22)30-21)18(17)14-9-8-13(28-4)10-15(14)29-5/h8-10,18H,6-7,23H2,1-5H3/t18-/m0/s1. The topological polar surface area (TPSA) is 104 Å². The molecular weight excluding hydrogens is 402 g/mol. The number of likely N-dealkylation sites (N-methyl/N-ethyl adjacent to an activating group) is 1. The number of amides is 1. The summed E-state index contributed by atoms with van der Waals surface area (Å²) in [5.41, 5.74) is 8.18.